The maximum Gasteiger partial charge on any atom is 0.146 e. The third kappa shape index (κ3) is 3.47. The third-order valence-corrected chi connectivity index (χ3v) is 3.50. The predicted octanol–water partition coefficient (Wildman–Crippen LogP) is 5.05. The molecule has 2 N–H and O–H groups in total. The summed E-state index contributed by atoms with van der Waals surface area (Å²) in [4.78, 5) is 0. The quantitative estimate of drug-likeness (QED) is 0.845. The van der Waals surface area contributed by atoms with Crippen molar-refractivity contribution in [2.45, 2.75) is 13.0 Å². The predicted molar refractivity (Wildman–Crippen MR) is 78.2 cm³/mol. The minimum atomic E-state index is -0.342. The second-order valence-corrected chi connectivity index (χ2v) is 5.42. The molecule has 0 bridgehead atoms. The van der Waals surface area contributed by atoms with E-state index in [-0.39, 0.29) is 11.9 Å². The lowest BCUT2D eigenvalue weighted by molar-refractivity contribution is 0.479. The zero-order chi connectivity index (χ0) is 14.0. The van der Waals surface area contributed by atoms with Crippen LogP contribution in [0.5, 0.6) is 11.5 Å². The lowest BCUT2D eigenvalue weighted by Gasteiger charge is -2.11. The topological polar surface area (TPSA) is 35.2 Å². The van der Waals surface area contributed by atoms with Crippen LogP contribution >= 0.6 is 27.5 Å². The van der Waals surface area contributed by atoms with Gasteiger partial charge in [0.15, 0.2) is 0 Å². The summed E-state index contributed by atoms with van der Waals surface area (Å²) in [5.74, 6) is 0.666. The van der Waals surface area contributed by atoms with Crippen LogP contribution in [0.4, 0.5) is 4.39 Å². The van der Waals surface area contributed by atoms with Crippen molar-refractivity contribution < 1.29 is 9.13 Å². The number of rotatable bonds is 3. The Bertz CT molecular complexity index is 604. The molecule has 0 aromatic heterocycles. The van der Waals surface area contributed by atoms with E-state index in [9.17, 15) is 4.39 Å². The first kappa shape index (κ1) is 14.3. The molecule has 100 valence electrons. The smallest absolute Gasteiger partial charge is 0.146 e. The molecule has 0 aliphatic rings. The Morgan fingerprint density at radius 3 is 2.58 bits per heavy atom. The number of ether oxygens (including phenoxy) is 1. The zero-order valence-electron chi connectivity index (χ0n) is 10.2. The van der Waals surface area contributed by atoms with Crippen LogP contribution in [0.2, 0.25) is 5.02 Å². The van der Waals surface area contributed by atoms with Crippen molar-refractivity contribution in [3.05, 3.63) is 57.3 Å². The highest BCUT2D eigenvalue weighted by atomic mass is 79.9. The van der Waals surface area contributed by atoms with Crippen molar-refractivity contribution in [1.82, 2.24) is 0 Å². The van der Waals surface area contributed by atoms with Crippen LogP contribution in [-0.2, 0) is 0 Å². The minimum absolute atomic E-state index is 0.0912. The summed E-state index contributed by atoms with van der Waals surface area (Å²) in [6.07, 6.45) is 0. The molecule has 1 unspecified atom stereocenters. The number of hydrogen-bond donors (Lipinski definition) is 1. The van der Waals surface area contributed by atoms with Crippen LogP contribution in [0.3, 0.4) is 0 Å². The fourth-order valence-corrected chi connectivity index (χ4v) is 2.14. The number of hydrogen-bond acceptors (Lipinski definition) is 2. The number of benzene rings is 2. The largest absolute Gasteiger partial charge is 0.456 e. The van der Waals surface area contributed by atoms with Gasteiger partial charge in [0, 0.05) is 6.04 Å². The van der Waals surface area contributed by atoms with Gasteiger partial charge in [0.25, 0.3) is 0 Å². The van der Waals surface area contributed by atoms with Crippen LogP contribution < -0.4 is 10.5 Å². The molecule has 0 aliphatic carbocycles. The molecule has 0 amide bonds. The van der Waals surface area contributed by atoms with Gasteiger partial charge in [-0.15, -0.1) is 0 Å². The van der Waals surface area contributed by atoms with Crippen molar-refractivity contribution in [3.63, 3.8) is 0 Å². The van der Waals surface area contributed by atoms with Gasteiger partial charge in [-0.25, -0.2) is 4.39 Å². The van der Waals surface area contributed by atoms with Crippen molar-refractivity contribution in [2.75, 3.05) is 0 Å². The zero-order valence-corrected chi connectivity index (χ0v) is 12.5. The van der Waals surface area contributed by atoms with Gasteiger partial charge >= 0.3 is 0 Å². The maximum atomic E-state index is 13.1. The second-order valence-electron chi connectivity index (χ2n) is 4.16. The van der Waals surface area contributed by atoms with E-state index in [2.05, 4.69) is 15.9 Å². The molecular weight excluding hydrogens is 333 g/mol. The highest BCUT2D eigenvalue weighted by molar-refractivity contribution is 9.10. The molecule has 5 heteroatoms. The van der Waals surface area contributed by atoms with Crippen molar-refractivity contribution >= 4 is 27.5 Å². The van der Waals surface area contributed by atoms with E-state index >= 15 is 0 Å². The van der Waals surface area contributed by atoms with Crippen LogP contribution in [0.25, 0.3) is 0 Å². The van der Waals surface area contributed by atoms with Crippen molar-refractivity contribution in [2.24, 2.45) is 5.73 Å². The summed E-state index contributed by atoms with van der Waals surface area (Å²) in [6.45, 7) is 1.88. The molecular formula is C14H12BrClFNO. The molecule has 2 aromatic rings. The van der Waals surface area contributed by atoms with Gasteiger partial charge in [-0.05, 0) is 58.7 Å². The first-order chi connectivity index (χ1) is 8.97. The average molecular weight is 345 g/mol. The Labute approximate surface area is 124 Å². The van der Waals surface area contributed by atoms with Crippen LogP contribution in [0.15, 0.2) is 40.9 Å². The van der Waals surface area contributed by atoms with Crippen molar-refractivity contribution in [3.8, 4) is 11.5 Å². The molecule has 0 aliphatic heterocycles. The minimum Gasteiger partial charge on any atom is -0.456 e. The molecule has 2 aromatic carbocycles. The van der Waals surface area contributed by atoms with Gasteiger partial charge in [-0.3, -0.25) is 0 Å². The first-order valence-electron chi connectivity index (χ1n) is 5.65. The molecule has 0 radical (unpaired) electrons. The fraction of sp³-hybridized carbons (Fsp3) is 0.143. The first-order valence-corrected chi connectivity index (χ1v) is 6.82. The average Bonchev–Trinajstić information content (AvgIpc) is 2.36. The Hall–Kier alpha value is -1.10. The van der Waals surface area contributed by atoms with Gasteiger partial charge in [-0.2, -0.15) is 0 Å². The van der Waals surface area contributed by atoms with E-state index < -0.39 is 0 Å². The van der Waals surface area contributed by atoms with Crippen LogP contribution in [0.1, 0.15) is 18.5 Å². The molecule has 0 heterocycles. The van der Waals surface area contributed by atoms with Gasteiger partial charge < -0.3 is 10.5 Å². The van der Waals surface area contributed by atoms with Gasteiger partial charge in [0.05, 0.1) is 9.50 Å². The molecule has 2 rings (SSSR count). The Kier molecular flexibility index (Phi) is 4.45. The SMILES string of the molecule is CC(N)c1ccc(Oc2ccc(F)c(Br)c2)c(Cl)c1. The van der Waals surface area contributed by atoms with Gasteiger partial charge in [0.1, 0.15) is 17.3 Å². The van der Waals surface area contributed by atoms with Gasteiger partial charge in [-0.1, -0.05) is 17.7 Å². The maximum absolute atomic E-state index is 13.1. The Balaban J connectivity index is 2.25. The van der Waals surface area contributed by atoms with Crippen LogP contribution in [-0.4, -0.2) is 0 Å². The molecule has 2 nitrogen and oxygen atoms in total. The van der Waals surface area contributed by atoms with Gasteiger partial charge in [0.2, 0.25) is 0 Å². The van der Waals surface area contributed by atoms with E-state index in [1.54, 1.807) is 18.2 Å². The van der Waals surface area contributed by atoms with E-state index in [4.69, 9.17) is 22.1 Å². The molecule has 19 heavy (non-hydrogen) atoms. The van der Waals surface area contributed by atoms with E-state index in [0.717, 1.165) is 5.56 Å². The second kappa shape index (κ2) is 5.90. The highest BCUT2D eigenvalue weighted by Gasteiger charge is 2.08. The van der Waals surface area contributed by atoms with E-state index in [0.29, 0.717) is 21.0 Å². The normalized spacial score (nSPS) is 12.3. The van der Waals surface area contributed by atoms with Crippen molar-refractivity contribution in [1.29, 1.82) is 0 Å². The van der Waals surface area contributed by atoms with E-state index in [1.165, 1.54) is 12.1 Å². The molecule has 0 fully saturated rings. The summed E-state index contributed by atoms with van der Waals surface area (Å²) < 4.78 is 19.1. The standard InChI is InChI=1S/C14H12BrClFNO/c1-8(18)9-2-5-14(12(16)6-9)19-10-3-4-13(17)11(15)7-10/h2-8H,18H2,1H3. The fourth-order valence-electron chi connectivity index (χ4n) is 1.55. The monoisotopic (exact) mass is 343 g/mol. The van der Waals surface area contributed by atoms with Crippen LogP contribution in [0, 0.1) is 5.82 Å². The molecule has 0 spiro atoms. The Morgan fingerprint density at radius 2 is 2.00 bits per heavy atom. The summed E-state index contributed by atoms with van der Waals surface area (Å²) >= 11 is 9.23. The third-order valence-electron chi connectivity index (χ3n) is 2.60. The number of halogens is 3. The molecule has 1 atom stereocenters. The Morgan fingerprint density at radius 1 is 1.26 bits per heavy atom. The molecule has 0 saturated carbocycles. The number of nitrogens with two attached hydrogens (primary N) is 1. The summed E-state index contributed by atoms with van der Waals surface area (Å²) in [6, 6.07) is 9.68. The lowest BCUT2D eigenvalue weighted by Crippen LogP contribution is -2.04. The highest BCUT2D eigenvalue weighted by Crippen LogP contribution is 2.32. The van der Waals surface area contributed by atoms with E-state index in [1.807, 2.05) is 13.0 Å². The molecule has 0 saturated heterocycles. The summed E-state index contributed by atoms with van der Waals surface area (Å²) in [7, 11) is 0. The lowest BCUT2D eigenvalue weighted by atomic mass is 10.1. The summed E-state index contributed by atoms with van der Waals surface area (Å²) in [5.41, 5.74) is 6.70. The summed E-state index contributed by atoms with van der Waals surface area (Å²) in [5, 5.41) is 0.468.